The molecular formula is C23H27N3O2S. The lowest BCUT2D eigenvalue weighted by atomic mass is 10.1. The van der Waals surface area contributed by atoms with Crippen LogP contribution in [0.1, 0.15) is 42.5 Å². The van der Waals surface area contributed by atoms with Crippen molar-refractivity contribution in [3.8, 4) is 0 Å². The molecule has 5 nitrogen and oxygen atoms in total. The first-order chi connectivity index (χ1) is 14.2. The average molecular weight is 410 g/mol. The number of fused-ring (bicyclic) bond motifs is 1. The van der Waals surface area contributed by atoms with Crippen molar-refractivity contribution >= 4 is 35.0 Å². The third kappa shape index (κ3) is 4.93. The van der Waals surface area contributed by atoms with E-state index in [-0.39, 0.29) is 24.4 Å². The first kappa shape index (κ1) is 19.8. The monoisotopic (exact) mass is 409 g/mol. The van der Waals surface area contributed by atoms with Gasteiger partial charge < -0.3 is 15.5 Å². The Morgan fingerprint density at radius 3 is 2.62 bits per heavy atom. The fourth-order valence-corrected chi connectivity index (χ4v) is 5.06. The average Bonchev–Trinajstić information content (AvgIpc) is 3.15. The first-order valence-corrected chi connectivity index (χ1v) is 11.4. The SMILES string of the molecule is O=C(CN1CCCSc2ccccc21)Nc1ccccc1C(=O)NC1CCCC1. The van der Waals surface area contributed by atoms with Gasteiger partial charge in [-0.15, -0.1) is 11.8 Å². The van der Waals surface area contributed by atoms with Gasteiger partial charge in [0.15, 0.2) is 0 Å². The molecule has 6 heteroatoms. The largest absolute Gasteiger partial charge is 0.361 e. The highest BCUT2D eigenvalue weighted by molar-refractivity contribution is 7.99. The van der Waals surface area contributed by atoms with Gasteiger partial charge in [0.2, 0.25) is 5.91 Å². The van der Waals surface area contributed by atoms with E-state index in [1.807, 2.05) is 36.0 Å². The number of hydrogen-bond acceptors (Lipinski definition) is 4. The highest BCUT2D eigenvalue weighted by Gasteiger charge is 2.21. The molecular weight excluding hydrogens is 382 g/mol. The van der Waals surface area contributed by atoms with E-state index < -0.39 is 0 Å². The van der Waals surface area contributed by atoms with Crippen LogP contribution in [0.15, 0.2) is 53.4 Å². The summed E-state index contributed by atoms with van der Waals surface area (Å²) in [4.78, 5) is 28.9. The summed E-state index contributed by atoms with van der Waals surface area (Å²) in [6, 6.07) is 15.7. The molecule has 0 bridgehead atoms. The molecule has 2 aliphatic rings. The maximum Gasteiger partial charge on any atom is 0.253 e. The molecule has 2 aromatic carbocycles. The van der Waals surface area contributed by atoms with Crippen LogP contribution in [-0.4, -0.2) is 36.7 Å². The number of hydrogen-bond donors (Lipinski definition) is 2. The summed E-state index contributed by atoms with van der Waals surface area (Å²) < 4.78 is 0. The van der Waals surface area contributed by atoms with E-state index in [1.54, 1.807) is 12.1 Å². The van der Waals surface area contributed by atoms with Gasteiger partial charge in [-0.1, -0.05) is 37.1 Å². The van der Waals surface area contributed by atoms with Gasteiger partial charge in [-0.2, -0.15) is 0 Å². The lowest BCUT2D eigenvalue weighted by Gasteiger charge is -2.24. The third-order valence-electron chi connectivity index (χ3n) is 5.51. The van der Waals surface area contributed by atoms with E-state index in [1.165, 1.54) is 17.7 Å². The molecule has 1 heterocycles. The number of benzene rings is 2. The van der Waals surface area contributed by atoms with Crippen LogP contribution in [0, 0.1) is 0 Å². The molecule has 0 unspecified atom stereocenters. The van der Waals surface area contributed by atoms with E-state index in [2.05, 4.69) is 27.7 Å². The van der Waals surface area contributed by atoms with Gasteiger partial charge in [-0.25, -0.2) is 0 Å². The highest BCUT2D eigenvalue weighted by Crippen LogP contribution is 2.33. The molecule has 29 heavy (non-hydrogen) atoms. The van der Waals surface area contributed by atoms with Crippen LogP contribution in [0.2, 0.25) is 0 Å². The summed E-state index contributed by atoms with van der Waals surface area (Å²) in [6.07, 6.45) is 5.43. The van der Waals surface area contributed by atoms with Crippen LogP contribution >= 0.6 is 11.8 Å². The molecule has 1 fully saturated rings. The molecule has 0 atom stereocenters. The summed E-state index contributed by atoms with van der Waals surface area (Å²) in [5.74, 6) is 0.844. The molecule has 0 saturated heterocycles. The molecule has 0 radical (unpaired) electrons. The molecule has 0 aromatic heterocycles. The van der Waals surface area contributed by atoms with E-state index in [0.717, 1.165) is 37.2 Å². The number of amides is 2. The van der Waals surface area contributed by atoms with Gasteiger partial charge in [0.05, 0.1) is 23.5 Å². The first-order valence-electron chi connectivity index (χ1n) is 10.4. The topological polar surface area (TPSA) is 61.4 Å². The Hall–Kier alpha value is -2.47. The quantitative estimate of drug-likeness (QED) is 0.773. The second-order valence-electron chi connectivity index (χ2n) is 7.64. The van der Waals surface area contributed by atoms with E-state index >= 15 is 0 Å². The molecule has 4 rings (SSSR count). The van der Waals surface area contributed by atoms with Crippen molar-refractivity contribution in [1.82, 2.24) is 5.32 Å². The number of nitrogens with zero attached hydrogens (tertiary/aromatic N) is 1. The minimum Gasteiger partial charge on any atom is -0.361 e. The summed E-state index contributed by atoms with van der Waals surface area (Å²) in [5, 5.41) is 6.07. The fraction of sp³-hybridized carbons (Fsp3) is 0.391. The van der Waals surface area contributed by atoms with Crippen molar-refractivity contribution in [2.24, 2.45) is 0 Å². The van der Waals surface area contributed by atoms with Crippen molar-refractivity contribution in [2.75, 3.05) is 29.1 Å². The second kappa shape index (κ2) is 9.35. The number of carbonyl (C=O) groups is 2. The Morgan fingerprint density at radius 2 is 1.76 bits per heavy atom. The number of thioether (sulfide) groups is 1. The minimum atomic E-state index is -0.107. The van der Waals surface area contributed by atoms with Crippen LogP contribution in [0.25, 0.3) is 0 Å². The van der Waals surface area contributed by atoms with Gasteiger partial charge in [-0.05, 0) is 49.3 Å². The molecule has 0 spiro atoms. The Kier molecular flexibility index (Phi) is 6.39. The van der Waals surface area contributed by atoms with E-state index in [9.17, 15) is 9.59 Å². The van der Waals surface area contributed by atoms with Crippen molar-refractivity contribution in [1.29, 1.82) is 0 Å². The van der Waals surface area contributed by atoms with Gasteiger partial charge in [0, 0.05) is 17.5 Å². The Balaban J connectivity index is 1.44. The number of rotatable bonds is 5. The van der Waals surface area contributed by atoms with Crippen molar-refractivity contribution in [3.05, 3.63) is 54.1 Å². The summed E-state index contributed by atoms with van der Waals surface area (Å²) in [5.41, 5.74) is 2.21. The maximum atomic E-state index is 12.8. The molecule has 1 saturated carbocycles. The Labute approximate surface area is 176 Å². The van der Waals surface area contributed by atoms with Crippen LogP contribution in [-0.2, 0) is 4.79 Å². The van der Waals surface area contributed by atoms with E-state index in [0.29, 0.717) is 11.3 Å². The van der Waals surface area contributed by atoms with Gasteiger partial charge >= 0.3 is 0 Å². The molecule has 1 aliphatic heterocycles. The number of nitrogens with one attached hydrogen (secondary N) is 2. The third-order valence-corrected chi connectivity index (χ3v) is 6.66. The zero-order valence-corrected chi connectivity index (χ0v) is 17.3. The van der Waals surface area contributed by atoms with E-state index in [4.69, 9.17) is 0 Å². The zero-order valence-electron chi connectivity index (χ0n) is 16.5. The normalized spacial score (nSPS) is 16.8. The predicted octanol–water partition coefficient (Wildman–Crippen LogP) is 4.30. The summed E-state index contributed by atoms with van der Waals surface area (Å²) >= 11 is 1.84. The highest BCUT2D eigenvalue weighted by atomic mass is 32.2. The molecule has 2 aromatic rings. The lowest BCUT2D eigenvalue weighted by molar-refractivity contribution is -0.115. The summed E-state index contributed by atoms with van der Waals surface area (Å²) in [7, 11) is 0. The predicted molar refractivity (Wildman–Crippen MR) is 119 cm³/mol. The van der Waals surface area contributed by atoms with Crippen LogP contribution < -0.4 is 15.5 Å². The standard InChI is InChI=1S/C23H27N3O2S/c27-22(16-26-14-7-15-29-21-13-6-5-12-20(21)26)25-19-11-4-3-10-18(19)23(28)24-17-8-1-2-9-17/h3-6,10-13,17H,1-2,7-9,14-16H2,(H,24,28)(H,25,27). The molecule has 2 amide bonds. The van der Waals surface area contributed by atoms with Crippen LogP contribution in [0.5, 0.6) is 0 Å². The maximum absolute atomic E-state index is 12.8. The molecule has 1 aliphatic carbocycles. The second-order valence-corrected chi connectivity index (χ2v) is 8.78. The molecule has 2 N–H and O–H groups in total. The summed E-state index contributed by atoms with van der Waals surface area (Å²) in [6.45, 7) is 1.12. The van der Waals surface area contributed by atoms with Gasteiger partial charge in [0.1, 0.15) is 0 Å². The Bertz CT molecular complexity index is 880. The lowest BCUT2D eigenvalue weighted by Crippen LogP contribution is -2.35. The minimum absolute atomic E-state index is 0.104. The smallest absolute Gasteiger partial charge is 0.253 e. The van der Waals surface area contributed by atoms with Gasteiger partial charge in [0.25, 0.3) is 5.91 Å². The molecule has 152 valence electrons. The number of anilines is 2. The van der Waals surface area contributed by atoms with Crippen LogP contribution in [0.3, 0.4) is 0 Å². The number of para-hydroxylation sites is 2. The zero-order chi connectivity index (χ0) is 20.1. The van der Waals surface area contributed by atoms with Crippen molar-refractivity contribution in [3.63, 3.8) is 0 Å². The Morgan fingerprint density at radius 1 is 1.00 bits per heavy atom. The van der Waals surface area contributed by atoms with Crippen LogP contribution in [0.4, 0.5) is 11.4 Å². The van der Waals surface area contributed by atoms with Crippen molar-refractivity contribution < 1.29 is 9.59 Å². The van der Waals surface area contributed by atoms with Crippen molar-refractivity contribution in [2.45, 2.75) is 43.0 Å². The van der Waals surface area contributed by atoms with Gasteiger partial charge in [-0.3, -0.25) is 9.59 Å². The number of carbonyl (C=O) groups excluding carboxylic acids is 2. The fourth-order valence-electron chi connectivity index (χ4n) is 4.05.